The van der Waals surface area contributed by atoms with E-state index in [1.54, 1.807) is 18.2 Å². The number of benzene rings is 1. The van der Waals surface area contributed by atoms with Crippen molar-refractivity contribution < 1.29 is 23.9 Å². The maximum atomic E-state index is 12.7. The molecule has 0 radical (unpaired) electrons. The van der Waals surface area contributed by atoms with E-state index in [0.717, 1.165) is 29.7 Å². The second kappa shape index (κ2) is 6.92. The summed E-state index contributed by atoms with van der Waals surface area (Å²) < 4.78 is 11.0. The number of imide groups is 1. The van der Waals surface area contributed by atoms with Crippen molar-refractivity contribution in [1.82, 2.24) is 5.32 Å². The number of ether oxygens (including phenoxy) is 2. The third-order valence-electron chi connectivity index (χ3n) is 4.42. The van der Waals surface area contributed by atoms with Gasteiger partial charge in [0.05, 0.1) is 5.56 Å². The Morgan fingerprint density at radius 2 is 1.81 bits per heavy atom. The minimum absolute atomic E-state index is 0.317. The number of nitrogens with two attached hydrogens (primary N) is 1. The number of amides is 4. The fourth-order valence-corrected chi connectivity index (χ4v) is 4.55. The Morgan fingerprint density at radius 1 is 1.04 bits per heavy atom. The van der Waals surface area contributed by atoms with Crippen LogP contribution in [0.1, 0.15) is 37.6 Å². The van der Waals surface area contributed by atoms with Crippen LogP contribution in [-0.4, -0.2) is 31.1 Å². The molecule has 140 valence electrons. The lowest BCUT2D eigenvalue weighted by atomic mass is 10.1. The molecule has 9 heteroatoms. The maximum Gasteiger partial charge on any atom is 0.319 e. The molecule has 0 spiro atoms. The summed E-state index contributed by atoms with van der Waals surface area (Å²) in [6.45, 7) is 0.894. The van der Waals surface area contributed by atoms with Crippen LogP contribution in [0.15, 0.2) is 18.2 Å². The zero-order valence-electron chi connectivity index (χ0n) is 14.3. The highest BCUT2D eigenvalue weighted by Crippen LogP contribution is 2.39. The standard InChI is InChI=1S/C18H17N3O5S/c19-18(24)21-16(23)14-10-2-1-3-13(10)27-17(14)20-15(22)9-4-5-11-12(8-9)26-7-6-25-11/h4-5,8H,1-3,6-7H2,(H,20,22)(H3,19,21,23,24). The van der Waals surface area contributed by atoms with Gasteiger partial charge in [-0.15, -0.1) is 11.3 Å². The average molecular weight is 387 g/mol. The number of rotatable bonds is 3. The molecular weight excluding hydrogens is 370 g/mol. The van der Waals surface area contributed by atoms with Crippen molar-refractivity contribution in [2.45, 2.75) is 19.3 Å². The number of carbonyl (C=O) groups excluding carboxylic acids is 3. The second-order valence-corrected chi connectivity index (χ2v) is 7.30. The van der Waals surface area contributed by atoms with Gasteiger partial charge in [0.25, 0.3) is 11.8 Å². The predicted octanol–water partition coefficient (Wildman–Crippen LogP) is 2.07. The summed E-state index contributed by atoms with van der Waals surface area (Å²) in [5.41, 5.74) is 6.64. The molecule has 27 heavy (non-hydrogen) atoms. The zero-order valence-corrected chi connectivity index (χ0v) is 15.1. The van der Waals surface area contributed by atoms with Crippen molar-refractivity contribution >= 4 is 34.2 Å². The van der Waals surface area contributed by atoms with Gasteiger partial charge in [-0.2, -0.15) is 0 Å². The molecule has 0 saturated heterocycles. The Morgan fingerprint density at radius 3 is 2.59 bits per heavy atom. The van der Waals surface area contributed by atoms with Crippen LogP contribution < -0.4 is 25.8 Å². The molecular formula is C18H17N3O5S. The van der Waals surface area contributed by atoms with E-state index in [2.05, 4.69) is 10.6 Å². The fraction of sp³-hybridized carbons (Fsp3) is 0.278. The largest absolute Gasteiger partial charge is 0.486 e. The number of aryl methyl sites for hydroxylation is 1. The van der Waals surface area contributed by atoms with Crippen molar-refractivity contribution in [2.24, 2.45) is 5.73 Å². The minimum atomic E-state index is -0.929. The summed E-state index contributed by atoms with van der Waals surface area (Å²) in [5, 5.41) is 5.29. The van der Waals surface area contributed by atoms with Crippen LogP contribution in [0.2, 0.25) is 0 Å². The number of urea groups is 1. The molecule has 1 aromatic carbocycles. The first-order valence-corrected chi connectivity index (χ1v) is 9.31. The Kier molecular flexibility index (Phi) is 4.44. The summed E-state index contributed by atoms with van der Waals surface area (Å²) in [5.74, 6) is 0.128. The Bertz CT molecular complexity index is 953. The molecule has 8 nitrogen and oxygen atoms in total. The molecule has 4 amide bonds. The van der Waals surface area contributed by atoms with Gasteiger partial charge in [0, 0.05) is 10.4 Å². The lowest BCUT2D eigenvalue weighted by Gasteiger charge is -2.18. The first-order valence-electron chi connectivity index (χ1n) is 8.49. The first-order chi connectivity index (χ1) is 13.0. The number of nitrogens with one attached hydrogen (secondary N) is 2. The summed E-state index contributed by atoms with van der Waals surface area (Å²) in [7, 11) is 0. The van der Waals surface area contributed by atoms with Crippen molar-refractivity contribution in [3.05, 3.63) is 39.8 Å². The normalized spacial score (nSPS) is 14.4. The van der Waals surface area contributed by atoms with Gasteiger partial charge in [0.2, 0.25) is 0 Å². The van der Waals surface area contributed by atoms with Crippen molar-refractivity contribution in [1.29, 1.82) is 0 Å². The van der Waals surface area contributed by atoms with Crippen molar-refractivity contribution in [3.63, 3.8) is 0 Å². The molecule has 4 rings (SSSR count). The number of fused-ring (bicyclic) bond motifs is 2. The van der Waals surface area contributed by atoms with E-state index >= 15 is 0 Å². The highest BCUT2D eigenvalue weighted by atomic mass is 32.1. The number of hydrogen-bond acceptors (Lipinski definition) is 6. The van der Waals surface area contributed by atoms with Gasteiger partial charge in [0.15, 0.2) is 11.5 Å². The summed E-state index contributed by atoms with van der Waals surface area (Å²) >= 11 is 1.35. The Hall–Kier alpha value is -3.07. The highest BCUT2D eigenvalue weighted by molar-refractivity contribution is 7.17. The first kappa shape index (κ1) is 17.3. The summed E-state index contributed by atoms with van der Waals surface area (Å²) in [6.07, 6.45) is 2.51. The van der Waals surface area contributed by atoms with Gasteiger partial charge in [0.1, 0.15) is 18.2 Å². The molecule has 0 bridgehead atoms. The summed E-state index contributed by atoms with van der Waals surface area (Å²) in [4.78, 5) is 37.2. The zero-order chi connectivity index (χ0) is 19.0. The molecule has 2 aromatic rings. The second-order valence-electron chi connectivity index (χ2n) is 6.19. The average Bonchev–Trinajstić information content (AvgIpc) is 3.21. The number of anilines is 1. The molecule has 0 fully saturated rings. The van der Waals surface area contributed by atoms with Crippen LogP contribution in [0.5, 0.6) is 11.5 Å². The van der Waals surface area contributed by atoms with Gasteiger partial charge in [-0.25, -0.2) is 4.79 Å². The molecule has 4 N–H and O–H groups in total. The van der Waals surface area contributed by atoms with Gasteiger partial charge in [-0.3, -0.25) is 14.9 Å². The van der Waals surface area contributed by atoms with Gasteiger partial charge >= 0.3 is 6.03 Å². The number of primary amides is 1. The van der Waals surface area contributed by atoms with E-state index in [1.165, 1.54) is 11.3 Å². The van der Waals surface area contributed by atoms with E-state index in [9.17, 15) is 14.4 Å². The molecule has 0 atom stereocenters. The smallest absolute Gasteiger partial charge is 0.319 e. The fourth-order valence-electron chi connectivity index (χ4n) is 3.27. The highest BCUT2D eigenvalue weighted by Gasteiger charge is 2.28. The third-order valence-corrected chi connectivity index (χ3v) is 5.62. The van der Waals surface area contributed by atoms with Crippen molar-refractivity contribution in [3.8, 4) is 11.5 Å². The molecule has 1 aliphatic carbocycles. The lowest BCUT2D eigenvalue weighted by molar-refractivity contribution is 0.0966. The van der Waals surface area contributed by atoms with Gasteiger partial charge < -0.3 is 20.5 Å². The molecule has 1 aliphatic heterocycles. The quantitative estimate of drug-likeness (QED) is 0.745. The Labute approximate surface area is 158 Å². The van der Waals surface area contributed by atoms with Crippen LogP contribution >= 0.6 is 11.3 Å². The number of carbonyl (C=O) groups is 3. The predicted molar refractivity (Wildman–Crippen MR) is 98.8 cm³/mol. The third kappa shape index (κ3) is 3.33. The van der Waals surface area contributed by atoms with Crippen molar-refractivity contribution in [2.75, 3.05) is 18.5 Å². The molecule has 0 unspecified atom stereocenters. The Balaban J connectivity index is 1.61. The van der Waals surface area contributed by atoms with E-state index in [-0.39, 0.29) is 5.91 Å². The minimum Gasteiger partial charge on any atom is -0.486 e. The molecule has 2 heterocycles. The van der Waals surface area contributed by atoms with E-state index in [1.807, 2.05) is 0 Å². The lowest BCUT2D eigenvalue weighted by Crippen LogP contribution is -2.35. The molecule has 1 aromatic heterocycles. The van der Waals surface area contributed by atoms with Crippen LogP contribution in [-0.2, 0) is 12.8 Å². The van der Waals surface area contributed by atoms with E-state index in [4.69, 9.17) is 15.2 Å². The molecule has 2 aliphatic rings. The van der Waals surface area contributed by atoms with Gasteiger partial charge in [-0.1, -0.05) is 0 Å². The molecule has 0 saturated carbocycles. The van der Waals surface area contributed by atoms with E-state index in [0.29, 0.717) is 40.8 Å². The topological polar surface area (TPSA) is 120 Å². The number of hydrogen-bond donors (Lipinski definition) is 3. The van der Waals surface area contributed by atoms with E-state index < -0.39 is 11.9 Å². The van der Waals surface area contributed by atoms with Crippen LogP contribution in [0.25, 0.3) is 0 Å². The van der Waals surface area contributed by atoms with Crippen LogP contribution in [0.4, 0.5) is 9.80 Å². The monoisotopic (exact) mass is 387 g/mol. The van der Waals surface area contributed by atoms with Crippen LogP contribution in [0, 0.1) is 0 Å². The number of thiophene rings is 1. The van der Waals surface area contributed by atoms with Gasteiger partial charge in [-0.05, 0) is 43.0 Å². The summed E-state index contributed by atoms with van der Waals surface area (Å²) in [6, 6.07) is 3.99. The van der Waals surface area contributed by atoms with Crippen LogP contribution in [0.3, 0.4) is 0 Å². The SMILES string of the molecule is NC(=O)NC(=O)c1c(NC(=O)c2ccc3c(c2)OCCO3)sc2c1CCC2. The maximum absolute atomic E-state index is 12.7.